The first-order chi connectivity index (χ1) is 34.1. The summed E-state index contributed by atoms with van der Waals surface area (Å²) in [5.74, 6) is 0. The summed E-state index contributed by atoms with van der Waals surface area (Å²) in [4.78, 5) is 0. The van der Waals surface area contributed by atoms with Crippen molar-refractivity contribution in [1.82, 2.24) is 4.57 Å². The lowest BCUT2D eigenvalue weighted by Crippen LogP contribution is -2.38. The summed E-state index contributed by atoms with van der Waals surface area (Å²) in [6, 6.07) is 52.7. The second kappa shape index (κ2) is 13.9. The molecular weight excluding hydrogens is 868 g/mol. The van der Waals surface area contributed by atoms with Crippen molar-refractivity contribution in [3.05, 3.63) is 184 Å². The van der Waals surface area contributed by atoms with Crippen molar-refractivity contribution in [3.63, 3.8) is 0 Å². The molecule has 355 valence electrons. The van der Waals surface area contributed by atoms with E-state index in [2.05, 4.69) is 241 Å². The van der Waals surface area contributed by atoms with Gasteiger partial charge < -0.3 is 9.88 Å². The lowest BCUT2D eigenvalue weighted by atomic mass is 9.58. The maximum Gasteiger partial charge on any atom is 0.197 e. The van der Waals surface area contributed by atoms with Gasteiger partial charge >= 0.3 is 0 Å². The molecule has 0 fully saturated rings. The van der Waals surface area contributed by atoms with Crippen LogP contribution < -0.4 is 16.2 Å². The van der Waals surface area contributed by atoms with E-state index in [1.165, 1.54) is 146 Å². The zero-order valence-electron chi connectivity index (χ0n) is 44.6. The number of nitrogens with zero attached hydrogens (tertiary/aromatic N) is 1. The van der Waals surface area contributed by atoms with Crippen LogP contribution in [-0.2, 0) is 32.5 Å². The quantitative estimate of drug-likeness (QED) is 0.175. The third-order valence-electron chi connectivity index (χ3n) is 19.0. The van der Waals surface area contributed by atoms with Gasteiger partial charge in [0, 0.05) is 55.2 Å². The highest BCUT2D eigenvalue weighted by molar-refractivity contribution is 6.73. The van der Waals surface area contributed by atoms with Gasteiger partial charge in [0.1, 0.15) is 0 Å². The Morgan fingerprint density at radius 3 is 1.62 bits per heavy atom. The first kappa shape index (κ1) is 44.2. The highest BCUT2D eigenvalue weighted by Gasteiger charge is 2.44. The number of rotatable bonds is 3. The van der Waals surface area contributed by atoms with E-state index >= 15 is 0 Å². The average molecular weight is 934 g/mol. The Morgan fingerprint density at radius 1 is 0.444 bits per heavy atom. The molecule has 0 saturated heterocycles. The molecule has 0 saturated carbocycles. The number of nitrogens with one attached hydrogen (secondary N) is 1. The molecule has 0 bridgehead atoms. The molecule has 1 N–H and O–H groups in total. The van der Waals surface area contributed by atoms with Crippen molar-refractivity contribution in [3.8, 4) is 50.2 Å². The van der Waals surface area contributed by atoms with Gasteiger partial charge in [-0.05, 0) is 172 Å². The SMILES string of the molecule is CC(C)(C)c1ccc(Nc2cc3c(cc2-c2ccc4c5cc6c(cc5n5c4c2[B]c2cc4c(cc2-5)-c2ccccc2C4(C)C)-c2ccccc2C6(C)C)C(C)(C)c2cc4c(cc2-3)C(C)(C)CCC4(C)C)cc1. The van der Waals surface area contributed by atoms with Crippen LogP contribution in [0.1, 0.15) is 153 Å². The van der Waals surface area contributed by atoms with Gasteiger partial charge in [-0.3, -0.25) is 0 Å². The van der Waals surface area contributed by atoms with E-state index < -0.39 is 0 Å². The third-order valence-corrected chi connectivity index (χ3v) is 19.0. The molecule has 3 heteroatoms. The predicted octanol–water partition coefficient (Wildman–Crippen LogP) is 16.7. The Labute approximate surface area is 428 Å². The number of fused-ring (bicyclic) bond motifs is 15. The molecule has 0 amide bonds. The van der Waals surface area contributed by atoms with Crippen molar-refractivity contribution in [2.75, 3.05) is 5.32 Å². The molecule has 4 aliphatic carbocycles. The van der Waals surface area contributed by atoms with Crippen LogP contribution in [0, 0.1) is 0 Å². The highest BCUT2D eigenvalue weighted by atomic mass is 15.0. The minimum atomic E-state index is -0.198. The second-order valence-electron chi connectivity index (χ2n) is 26.3. The summed E-state index contributed by atoms with van der Waals surface area (Å²) in [5.41, 5.74) is 32.0. The summed E-state index contributed by atoms with van der Waals surface area (Å²) >= 11 is 0. The van der Waals surface area contributed by atoms with E-state index in [0.29, 0.717) is 0 Å². The van der Waals surface area contributed by atoms with Gasteiger partial charge in [0.15, 0.2) is 7.28 Å². The third kappa shape index (κ3) is 5.74. The summed E-state index contributed by atoms with van der Waals surface area (Å²) < 4.78 is 2.65. The zero-order valence-corrected chi connectivity index (χ0v) is 44.6. The summed E-state index contributed by atoms with van der Waals surface area (Å²) in [6.07, 6.45) is 2.40. The van der Waals surface area contributed by atoms with Crippen LogP contribution in [0.15, 0.2) is 133 Å². The van der Waals surface area contributed by atoms with Gasteiger partial charge in [-0.25, -0.2) is 0 Å². The Balaban J connectivity index is 1.05. The molecule has 1 radical (unpaired) electrons. The molecule has 72 heavy (non-hydrogen) atoms. The van der Waals surface area contributed by atoms with Gasteiger partial charge in [0.05, 0.1) is 5.52 Å². The lowest BCUT2D eigenvalue weighted by molar-refractivity contribution is 0.331. The normalized spacial score (nSPS) is 18.1. The van der Waals surface area contributed by atoms with E-state index in [1.54, 1.807) is 0 Å². The minimum Gasteiger partial charge on any atom is -0.355 e. The molecule has 5 aliphatic rings. The van der Waals surface area contributed by atoms with Gasteiger partial charge in [-0.2, -0.15) is 0 Å². The molecule has 0 unspecified atom stereocenters. The predicted molar refractivity (Wildman–Crippen MR) is 308 cm³/mol. The number of aromatic nitrogens is 1. The molecule has 9 aromatic rings. The number of benzene rings is 8. The van der Waals surface area contributed by atoms with Crippen molar-refractivity contribution in [2.45, 2.75) is 135 Å². The van der Waals surface area contributed by atoms with E-state index in [9.17, 15) is 0 Å². The molecule has 2 nitrogen and oxygen atoms in total. The van der Waals surface area contributed by atoms with Crippen LogP contribution in [0.5, 0.6) is 0 Å². The largest absolute Gasteiger partial charge is 0.355 e. The Hall–Kier alpha value is -6.58. The molecular formula is C69H66BN2. The molecule has 0 atom stereocenters. The molecule has 14 rings (SSSR count). The van der Waals surface area contributed by atoms with E-state index in [1.807, 2.05) is 0 Å². The first-order valence-electron chi connectivity index (χ1n) is 26.7. The second-order valence-corrected chi connectivity index (χ2v) is 26.3. The fourth-order valence-corrected chi connectivity index (χ4v) is 14.5. The smallest absolute Gasteiger partial charge is 0.197 e. The van der Waals surface area contributed by atoms with Crippen LogP contribution in [-0.4, -0.2) is 11.8 Å². The van der Waals surface area contributed by atoms with Crippen LogP contribution >= 0.6 is 0 Å². The van der Waals surface area contributed by atoms with Crippen molar-refractivity contribution >= 4 is 51.4 Å². The number of hydrogen-bond acceptors (Lipinski definition) is 1. The minimum absolute atomic E-state index is 0.0636. The molecule has 1 aromatic heterocycles. The first-order valence-corrected chi connectivity index (χ1v) is 26.7. The van der Waals surface area contributed by atoms with E-state index in [4.69, 9.17) is 0 Å². The number of hydrogen-bond donors (Lipinski definition) is 1. The zero-order chi connectivity index (χ0) is 50.0. The molecule has 2 heterocycles. The molecule has 8 aromatic carbocycles. The van der Waals surface area contributed by atoms with Crippen molar-refractivity contribution in [1.29, 1.82) is 0 Å². The summed E-state index contributed by atoms with van der Waals surface area (Å²) in [7, 11) is 2.55. The van der Waals surface area contributed by atoms with Crippen LogP contribution in [0.2, 0.25) is 0 Å². The van der Waals surface area contributed by atoms with E-state index in [-0.39, 0.29) is 32.5 Å². The maximum atomic E-state index is 4.09. The average Bonchev–Trinajstić information content (AvgIpc) is 3.95. The Morgan fingerprint density at radius 2 is 0.972 bits per heavy atom. The van der Waals surface area contributed by atoms with Crippen LogP contribution in [0.4, 0.5) is 11.4 Å². The maximum absolute atomic E-state index is 4.09. The molecule has 0 spiro atoms. The van der Waals surface area contributed by atoms with Gasteiger partial charge in [0.2, 0.25) is 0 Å². The van der Waals surface area contributed by atoms with E-state index in [0.717, 1.165) is 11.4 Å². The standard InChI is InChI=1S/C69H66BN2/c1-64(2,3)38-22-24-39(25-23-38)71-59-33-45-44-30-56-57(66(6,7)29-28-65(56,4)5)36-54(44)69(12,13)52(45)31-48(59)42-26-27-43-49-32-53-46(40-18-14-16-20-50(40)67(53,8)9)34-60(49)72-61-35-47-41-19-15-17-21-51(41)68(10,11)55(47)37-58(61)70-62(42)63(43)72/h14-27,30-37,71H,28-29H2,1-13H3. The highest BCUT2D eigenvalue weighted by Crippen LogP contribution is 2.57. The van der Waals surface area contributed by atoms with Gasteiger partial charge in [0.25, 0.3) is 0 Å². The summed E-state index contributed by atoms with van der Waals surface area (Å²) in [5, 5.41) is 6.71. The van der Waals surface area contributed by atoms with Crippen molar-refractivity contribution in [2.24, 2.45) is 0 Å². The lowest BCUT2D eigenvalue weighted by Gasteiger charge is -2.42. The topological polar surface area (TPSA) is 17.0 Å². The fraction of sp³-hybridized carbons (Fsp3) is 0.304. The molecule has 1 aliphatic heterocycles. The van der Waals surface area contributed by atoms with Gasteiger partial charge in [-0.1, -0.05) is 180 Å². The Kier molecular flexibility index (Phi) is 8.54. The summed E-state index contributed by atoms with van der Waals surface area (Å²) in [6.45, 7) is 31.3. The fourth-order valence-electron chi connectivity index (χ4n) is 14.5. The monoisotopic (exact) mass is 934 g/mol. The Bertz CT molecular complexity index is 3910. The van der Waals surface area contributed by atoms with Crippen LogP contribution in [0.25, 0.3) is 72.0 Å². The number of anilines is 2. The van der Waals surface area contributed by atoms with Crippen molar-refractivity contribution < 1.29 is 0 Å². The van der Waals surface area contributed by atoms with Crippen LogP contribution in [0.3, 0.4) is 0 Å². The van der Waals surface area contributed by atoms with Gasteiger partial charge in [-0.15, -0.1) is 0 Å².